The second-order valence-corrected chi connectivity index (χ2v) is 7.52. The van der Waals surface area contributed by atoms with Crippen molar-refractivity contribution in [3.05, 3.63) is 87.0 Å². The van der Waals surface area contributed by atoms with E-state index in [1.807, 2.05) is 35.1 Å². The van der Waals surface area contributed by atoms with Crippen molar-refractivity contribution in [2.24, 2.45) is 0 Å². The predicted octanol–water partition coefficient (Wildman–Crippen LogP) is 5.62. The summed E-state index contributed by atoms with van der Waals surface area (Å²) >= 11 is 14.4. The molecule has 1 N–H and O–H groups in total. The average Bonchev–Trinajstić information content (AvgIpc) is 2.61. The van der Waals surface area contributed by atoms with Gasteiger partial charge in [0.15, 0.2) is 0 Å². The van der Waals surface area contributed by atoms with Gasteiger partial charge in [0.2, 0.25) is 0 Å². The van der Waals surface area contributed by atoms with E-state index in [2.05, 4.69) is 6.07 Å². The number of hydrogen-bond acceptors (Lipinski definition) is 3. The van der Waals surface area contributed by atoms with E-state index in [0.29, 0.717) is 26.7 Å². The Morgan fingerprint density at radius 3 is 2.62 bits per heavy atom. The molecule has 1 aliphatic heterocycles. The number of nitrogens with zero attached hydrogens (tertiary/aromatic N) is 2. The first-order valence-electron chi connectivity index (χ1n) is 7.47. The minimum atomic E-state index is -1.08. The second kappa shape index (κ2) is 7.70. The lowest BCUT2D eigenvalue weighted by Gasteiger charge is -2.31. The first-order valence-corrected chi connectivity index (χ1v) is 9.19. The van der Waals surface area contributed by atoms with Crippen molar-refractivity contribution in [3.8, 4) is 6.07 Å². The smallest absolute Gasteiger partial charge is 0.334 e. The number of benzene rings is 2. The highest BCUT2D eigenvalue weighted by Crippen LogP contribution is 2.42. The van der Waals surface area contributed by atoms with Crippen LogP contribution in [0.25, 0.3) is 5.57 Å². The molecule has 0 aromatic heterocycles. The highest BCUT2D eigenvalue weighted by Gasteiger charge is 2.33. The predicted molar refractivity (Wildman–Crippen MR) is 110 cm³/mol. The number of aliphatic carboxylic acids is 1. The van der Waals surface area contributed by atoms with Crippen molar-refractivity contribution in [1.29, 1.82) is 5.26 Å². The summed E-state index contributed by atoms with van der Waals surface area (Å²) in [6, 6.07) is 13.5. The number of rotatable bonds is 3. The molecule has 7 heteroatoms. The molecule has 0 saturated carbocycles. The Labute approximate surface area is 174 Å². The largest absolute Gasteiger partial charge is 0.478 e. The van der Waals surface area contributed by atoms with E-state index in [9.17, 15) is 15.2 Å². The number of halogens is 3. The minimum absolute atomic E-state index is 0.126. The fourth-order valence-corrected chi connectivity index (χ4v) is 4.17. The monoisotopic (exact) mass is 496 g/mol. The van der Waals surface area contributed by atoms with Gasteiger partial charge in [-0.15, -0.1) is 0 Å². The fourth-order valence-electron chi connectivity index (χ4n) is 2.82. The SMILES string of the molecule is N#Cc1cccc(Cl)c1C1C(C(=O)O)=CC(c2cccc(Cl)c2)=CN1I. The number of allylic oxidation sites excluding steroid dienone is 2. The average molecular weight is 497 g/mol. The zero-order chi connectivity index (χ0) is 18.8. The molecule has 130 valence electrons. The van der Waals surface area contributed by atoms with Gasteiger partial charge in [-0.1, -0.05) is 41.4 Å². The molecule has 3 rings (SSSR count). The lowest BCUT2D eigenvalue weighted by atomic mass is 9.90. The summed E-state index contributed by atoms with van der Waals surface area (Å²) in [6.07, 6.45) is 3.41. The van der Waals surface area contributed by atoms with Crippen LogP contribution in [0, 0.1) is 11.3 Å². The quantitative estimate of drug-likeness (QED) is 0.442. The highest BCUT2D eigenvalue weighted by molar-refractivity contribution is 14.1. The number of carboxylic acid groups (broad SMARTS) is 1. The highest BCUT2D eigenvalue weighted by atomic mass is 127. The van der Waals surface area contributed by atoms with Crippen LogP contribution < -0.4 is 0 Å². The molecule has 0 fully saturated rings. The first-order chi connectivity index (χ1) is 12.4. The van der Waals surface area contributed by atoms with E-state index in [1.54, 1.807) is 45.6 Å². The first kappa shape index (κ1) is 18.8. The van der Waals surface area contributed by atoms with E-state index in [1.165, 1.54) is 0 Å². The van der Waals surface area contributed by atoms with E-state index >= 15 is 0 Å². The van der Waals surface area contributed by atoms with Crippen molar-refractivity contribution in [3.63, 3.8) is 0 Å². The third kappa shape index (κ3) is 3.58. The van der Waals surface area contributed by atoms with Crippen molar-refractivity contribution in [2.45, 2.75) is 6.04 Å². The summed E-state index contributed by atoms with van der Waals surface area (Å²) in [4.78, 5) is 12.0. The third-order valence-electron chi connectivity index (χ3n) is 3.97. The Morgan fingerprint density at radius 2 is 1.96 bits per heavy atom. The van der Waals surface area contributed by atoms with Crippen LogP contribution in [0.1, 0.15) is 22.7 Å². The normalized spacial score (nSPS) is 16.5. The van der Waals surface area contributed by atoms with Gasteiger partial charge in [-0.3, -0.25) is 0 Å². The third-order valence-corrected chi connectivity index (χ3v) is 5.37. The molecule has 1 unspecified atom stereocenters. The van der Waals surface area contributed by atoms with Gasteiger partial charge in [0, 0.05) is 21.8 Å². The maximum atomic E-state index is 12.0. The van der Waals surface area contributed by atoms with E-state index in [-0.39, 0.29) is 5.57 Å². The lowest BCUT2D eigenvalue weighted by Crippen LogP contribution is -2.25. The molecule has 1 aliphatic rings. The summed E-state index contributed by atoms with van der Waals surface area (Å²) in [7, 11) is 0. The van der Waals surface area contributed by atoms with Crippen LogP contribution in [0.2, 0.25) is 10.0 Å². The number of hydrogen-bond donors (Lipinski definition) is 1. The number of carbonyl (C=O) groups is 1. The van der Waals surface area contributed by atoms with Crippen LogP contribution in [-0.2, 0) is 4.79 Å². The number of nitriles is 1. The molecule has 26 heavy (non-hydrogen) atoms. The molecule has 0 radical (unpaired) electrons. The van der Waals surface area contributed by atoms with Gasteiger partial charge >= 0.3 is 5.97 Å². The van der Waals surface area contributed by atoms with Gasteiger partial charge in [-0.2, -0.15) is 5.26 Å². The molecule has 0 saturated heterocycles. The molecule has 0 spiro atoms. The van der Waals surface area contributed by atoms with Gasteiger partial charge in [0.25, 0.3) is 0 Å². The van der Waals surface area contributed by atoms with Gasteiger partial charge in [0.1, 0.15) is 0 Å². The van der Waals surface area contributed by atoms with Crippen LogP contribution in [0.4, 0.5) is 0 Å². The van der Waals surface area contributed by atoms with E-state index in [0.717, 1.165) is 5.56 Å². The molecular formula is C19H11Cl2IN2O2. The van der Waals surface area contributed by atoms with Gasteiger partial charge in [-0.05, 0) is 41.5 Å². The molecule has 4 nitrogen and oxygen atoms in total. The Kier molecular flexibility index (Phi) is 5.56. The summed E-state index contributed by atoms with van der Waals surface area (Å²) in [5.74, 6) is -1.08. The molecular weight excluding hydrogens is 486 g/mol. The topological polar surface area (TPSA) is 64.3 Å². The zero-order valence-electron chi connectivity index (χ0n) is 13.2. The summed E-state index contributed by atoms with van der Waals surface area (Å²) in [5, 5.41) is 20.1. The van der Waals surface area contributed by atoms with Crippen LogP contribution in [0.3, 0.4) is 0 Å². The maximum absolute atomic E-state index is 12.0. The van der Waals surface area contributed by atoms with Crippen molar-refractivity contribution < 1.29 is 9.90 Å². The standard InChI is InChI=1S/C19H11Cl2IN2O2/c20-14-5-1-3-11(7-14)13-8-15(19(25)26)18(24(22)10-13)17-12(9-23)4-2-6-16(17)21/h1-8,10,18H,(H,25,26). The van der Waals surface area contributed by atoms with Crippen LogP contribution in [0.5, 0.6) is 0 Å². The van der Waals surface area contributed by atoms with Gasteiger partial charge < -0.3 is 8.22 Å². The Hall–Kier alpha value is -2.01. The van der Waals surface area contributed by atoms with Crippen LogP contribution >= 0.6 is 46.1 Å². The molecule has 1 atom stereocenters. The molecule has 0 aliphatic carbocycles. The molecule has 1 heterocycles. The van der Waals surface area contributed by atoms with Gasteiger partial charge in [-0.25, -0.2) is 4.79 Å². The van der Waals surface area contributed by atoms with Gasteiger partial charge in [0.05, 0.1) is 46.1 Å². The van der Waals surface area contributed by atoms with E-state index in [4.69, 9.17) is 23.2 Å². The van der Waals surface area contributed by atoms with Crippen molar-refractivity contribution in [1.82, 2.24) is 3.11 Å². The zero-order valence-corrected chi connectivity index (χ0v) is 16.8. The fraction of sp³-hybridized carbons (Fsp3) is 0.0526. The Morgan fingerprint density at radius 1 is 1.23 bits per heavy atom. The number of carboxylic acids is 1. The summed E-state index contributed by atoms with van der Waals surface area (Å²) in [5.41, 5.74) is 2.45. The minimum Gasteiger partial charge on any atom is -0.478 e. The Bertz CT molecular complexity index is 995. The van der Waals surface area contributed by atoms with Crippen LogP contribution in [-0.4, -0.2) is 14.2 Å². The lowest BCUT2D eigenvalue weighted by molar-refractivity contribution is -0.133. The molecule has 2 aromatic carbocycles. The molecule has 0 bridgehead atoms. The molecule has 2 aromatic rings. The Balaban J connectivity index is 2.16. The second-order valence-electron chi connectivity index (χ2n) is 5.56. The maximum Gasteiger partial charge on any atom is 0.334 e. The van der Waals surface area contributed by atoms with E-state index < -0.39 is 12.0 Å². The summed E-state index contributed by atoms with van der Waals surface area (Å²) < 4.78 is 1.72. The van der Waals surface area contributed by atoms with Crippen LogP contribution in [0.15, 0.2) is 60.3 Å². The summed E-state index contributed by atoms with van der Waals surface area (Å²) in [6.45, 7) is 0. The molecule has 0 amide bonds. The van der Waals surface area contributed by atoms with Crippen molar-refractivity contribution in [2.75, 3.05) is 0 Å². The van der Waals surface area contributed by atoms with Crippen molar-refractivity contribution >= 4 is 57.6 Å².